The molecule has 0 radical (unpaired) electrons. The Bertz CT molecular complexity index is 262. The summed E-state index contributed by atoms with van der Waals surface area (Å²) < 4.78 is 4.89. The first kappa shape index (κ1) is 12.9. The highest BCUT2D eigenvalue weighted by molar-refractivity contribution is 5.89. The lowest BCUT2D eigenvalue weighted by atomic mass is 10.2. The number of hydrogen-bond donors (Lipinski definition) is 3. The number of aliphatic hydroxyl groups excluding tert-OH is 1. The van der Waals surface area contributed by atoms with Gasteiger partial charge in [-0.15, -0.1) is 0 Å². The van der Waals surface area contributed by atoms with Crippen LogP contribution in [0.4, 0.5) is 0 Å². The van der Waals surface area contributed by atoms with Crippen LogP contribution in [0.25, 0.3) is 0 Å². The van der Waals surface area contributed by atoms with E-state index in [-0.39, 0.29) is 18.6 Å². The van der Waals surface area contributed by atoms with Gasteiger partial charge in [0, 0.05) is 13.7 Å². The number of aliphatic carboxylic acids is 1. The summed E-state index contributed by atoms with van der Waals surface area (Å²) in [5.74, 6) is -2.15. The highest BCUT2D eigenvalue weighted by Gasteiger charge is 2.48. The first-order valence-electron chi connectivity index (χ1n) is 5.23. The van der Waals surface area contributed by atoms with Gasteiger partial charge >= 0.3 is 5.97 Å². The Kier molecular flexibility index (Phi) is 4.70. The van der Waals surface area contributed by atoms with E-state index in [1.54, 1.807) is 0 Å². The van der Waals surface area contributed by atoms with Crippen molar-refractivity contribution < 1.29 is 24.5 Å². The Balaban J connectivity index is 2.35. The minimum atomic E-state index is -0.925. The summed E-state index contributed by atoms with van der Waals surface area (Å²) in [7, 11) is 1.51. The fourth-order valence-corrected chi connectivity index (χ4v) is 1.62. The molecule has 0 aromatic heterocycles. The van der Waals surface area contributed by atoms with E-state index in [0.29, 0.717) is 19.4 Å². The summed E-state index contributed by atoms with van der Waals surface area (Å²) in [6, 6.07) is -0.252. The third kappa shape index (κ3) is 3.46. The van der Waals surface area contributed by atoms with Gasteiger partial charge in [-0.1, -0.05) is 0 Å². The number of rotatable bonds is 7. The second-order valence-corrected chi connectivity index (χ2v) is 3.96. The molecule has 92 valence electrons. The number of aliphatic hydroxyl groups is 1. The molecule has 0 aromatic rings. The molecule has 3 atom stereocenters. The van der Waals surface area contributed by atoms with Crippen LogP contribution in [-0.4, -0.2) is 48.5 Å². The van der Waals surface area contributed by atoms with Crippen molar-refractivity contribution in [3.63, 3.8) is 0 Å². The van der Waals surface area contributed by atoms with Crippen molar-refractivity contribution in [1.29, 1.82) is 0 Å². The van der Waals surface area contributed by atoms with E-state index in [0.717, 1.165) is 0 Å². The number of methoxy groups -OCH3 is 1. The van der Waals surface area contributed by atoms with Crippen molar-refractivity contribution in [3.05, 3.63) is 0 Å². The number of amides is 1. The monoisotopic (exact) mass is 231 g/mol. The van der Waals surface area contributed by atoms with Gasteiger partial charge in [0.25, 0.3) is 0 Å². The molecule has 0 saturated heterocycles. The zero-order valence-corrected chi connectivity index (χ0v) is 9.18. The van der Waals surface area contributed by atoms with Crippen molar-refractivity contribution in [2.24, 2.45) is 11.8 Å². The maximum Gasteiger partial charge on any atom is 0.307 e. The average molecular weight is 231 g/mol. The molecule has 6 nitrogen and oxygen atoms in total. The van der Waals surface area contributed by atoms with Crippen LogP contribution in [0.15, 0.2) is 0 Å². The number of nitrogens with one attached hydrogen (secondary N) is 1. The number of carbonyl (C=O) groups is 2. The molecular weight excluding hydrogens is 214 g/mol. The van der Waals surface area contributed by atoms with Gasteiger partial charge in [0.05, 0.1) is 24.5 Å². The summed E-state index contributed by atoms with van der Waals surface area (Å²) >= 11 is 0. The van der Waals surface area contributed by atoms with Crippen molar-refractivity contribution >= 4 is 11.9 Å². The van der Waals surface area contributed by atoms with E-state index in [4.69, 9.17) is 14.9 Å². The quantitative estimate of drug-likeness (QED) is 0.534. The highest BCUT2D eigenvalue weighted by Crippen LogP contribution is 2.38. The van der Waals surface area contributed by atoms with Crippen LogP contribution in [-0.2, 0) is 14.3 Å². The molecule has 1 aliphatic carbocycles. The lowest BCUT2D eigenvalue weighted by molar-refractivity contribution is -0.140. The van der Waals surface area contributed by atoms with Crippen molar-refractivity contribution in [3.8, 4) is 0 Å². The van der Waals surface area contributed by atoms with E-state index in [9.17, 15) is 9.59 Å². The van der Waals surface area contributed by atoms with Crippen molar-refractivity contribution in [2.45, 2.75) is 18.9 Å². The van der Waals surface area contributed by atoms with E-state index in [1.807, 2.05) is 0 Å². The minimum absolute atomic E-state index is 0.0403. The standard InChI is InChI=1S/C10H17NO5/c1-16-5-6(2-3-12)11-9(13)7-4-8(7)10(14)15/h6-8,12H,2-5H2,1H3,(H,11,13)(H,14,15). The van der Waals surface area contributed by atoms with Gasteiger partial charge in [0.2, 0.25) is 5.91 Å². The maximum absolute atomic E-state index is 11.6. The second kappa shape index (κ2) is 5.81. The number of carboxylic acid groups (broad SMARTS) is 1. The van der Waals surface area contributed by atoms with Crippen LogP contribution < -0.4 is 5.32 Å². The third-order valence-electron chi connectivity index (χ3n) is 2.64. The largest absolute Gasteiger partial charge is 0.481 e. The normalized spacial score (nSPS) is 24.9. The topological polar surface area (TPSA) is 95.9 Å². The second-order valence-electron chi connectivity index (χ2n) is 3.96. The number of carbonyl (C=O) groups excluding carboxylic acids is 1. The van der Waals surface area contributed by atoms with Gasteiger partial charge in [-0.25, -0.2) is 0 Å². The lowest BCUT2D eigenvalue weighted by Crippen LogP contribution is -2.40. The van der Waals surface area contributed by atoms with E-state index in [2.05, 4.69) is 5.32 Å². The van der Waals surface area contributed by atoms with Gasteiger partial charge in [0.1, 0.15) is 0 Å². The molecule has 0 bridgehead atoms. The molecule has 3 unspecified atom stereocenters. The van der Waals surface area contributed by atoms with Crippen LogP contribution in [0.2, 0.25) is 0 Å². The average Bonchev–Trinajstić information content (AvgIpc) is 2.97. The molecule has 3 N–H and O–H groups in total. The highest BCUT2D eigenvalue weighted by atomic mass is 16.5. The van der Waals surface area contributed by atoms with Crippen LogP contribution in [0.3, 0.4) is 0 Å². The molecule has 16 heavy (non-hydrogen) atoms. The van der Waals surface area contributed by atoms with Gasteiger partial charge in [-0.05, 0) is 12.8 Å². The molecule has 6 heteroatoms. The molecule has 0 aliphatic heterocycles. The van der Waals surface area contributed by atoms with E-state index >= 15 is 0 Å². The van der Waals surface area contributed by atoms with Crippen LogP contribution in [0, 0.1) is 11.8 Å². The van der Waals surface area contributed by atoms with Crippen LogP contribution in [0.5, 0.6) is 0 Å². The fraction of sp³-hybridized carbons (Fsp3) is 0.800. The zero-order valence-electron chi connectivity index (χ0n) is 9.18. The summed E-state index contributed by atoms with van der Waals surface area (Å²) in [6.45, 7) is 0.276. The van der Waals surface area contributed by atoms with Crippen LogP contribution >= 0.6 is 0 Å². The Morgan fingerprint density at radius 2 is 2.19 bits per heavy atom. The summed E-state index contributed by atoms with van der Waals surface area (Å²) in [5, 5.41) is 20.1. The third-order valence-corrected chi connectivity index (χ3v) is 2.64. The Morgan fingerprint density at radius 1 is 1.50 bits per heavy atom. The molecule has 1 aliphatic rings. The Labute approximate surface area is 93.6 Å². The minimum Gasteiger partial charge on any atom is -0.481 e. The van der Waals surface area contributed by atoms with Crippen LogP contribution in [0.1, 0.15) is 12.8 Å². The van der Waals surface area contributed by atoms with Gasteiger partial charge in [-0.2, -0.15) is 0 Å². The Hall–Kier alpha value is -1.14. The fourth-order valence-electron chi connectivity index (χ4n) is 1.62. The van der Waals surface area contributed by atoms with Gasteiger partial charge in [0.15, 0.2) is 0 Å². The smallest absolute Gasteiger partial charge is 0.307 e. The van der Waals surface area contributed by atoms with E-state index < -0.39 is 17.8 Å². The summed E-state index contributed by atoms with van der Waals surface area (Å²) in [6.07, 6.45) is 0.810. The number of hydrogen-bond acceptors (Lipinski definition) is 4. The maximum atomic E-state index is 11.6. The molecule has 0 heterocycles. The van der Waals surface area contributed by atoms with Gasteiger partial charge < -0.3 is 20.3 Å². The molecule has 1 rings (SSSR count). The first-order valence-corrected chi connectivity index (χ1v) is 5.23. The predicted molar refractivity (Wildman–Crippen MR) is 54.7 cm³/mol. The molecule has 1 amide bonds. The molecular formula is C10H17NO5. The van der Waals surface area contributed by atoms with E-state index in [1.165, 1.54) is 7.11 Å². The SMILES string of the molecule is COCC(CCO)NC(=O)C1CC1C(=O)O. The number of carboxylic acids is 1. The molecule has 1 fully saturated rings. The summed E-state index contributed by atoms with van der Waals surface area (Å²) in [4.78, 5) is 22.1. The van der Waals surface area contributed by atoms with Crippen molar-refractivity contribution in [1.82, 2.24) is 5.32 Å². The molecule has 1 saturated carbocycles. The molecule has 0 spiro atoms. The lowest BCUT2D eigenvalue weighted by Gasteiger charge is -2.16. The zero-order chi connectivity index (χ0) is 12.1. The predicted octanol–water partition coefficient (Wildman–Crippen LogP) is -0.779. The molecule has 0 aromatic carbocycles. The van der Waals surface area contributed by atoms with Crippen molar-refractivity contribution in [2.75, 3.05) is 20.3 Å². The summed E-state index contributed by atoms with van der Waals surface area (Å²) in [5.41, 5.74) is 0. The first-order chi connectivity index (χ1) is 7.60. The number of ether oxygens (including phenoxy) is 1. The Morgan fingerprint density at radius 3 is 2.62 bits per heavy atom. The van der Waals surface area contributed by atoms with Gasteiger partial charge in [-0.3, -0.25) is 9.59 Å².